The predicted molar refractivity (Wildman–Crippen MR) is 63.9 cm³/mol. The van der Waals surface area contributed by atoms with Gasteiger partial charge in [-0.3, -0.25) is 4.79 Å². The molecule has 0 aromatic carbocycles. The zero-order valence-electron chi connectivity index (χ0n) is 9.79. The van der Waals surface area contributed by atoms with Crippen molar-refractivity contribution < 1.29 is 14.3 Å². The van der Waals surface area contributed by atoms with Crippen LogP contribution in [0, 0.1) is 12.8 Å². The zero-order valence-corrected chi connectivity index (χ0v) is 10.6. The fourth-order valence-corrected chi connectivity index (χ4v) is 2.03. The van der Waals surface area contributed by atoms with Gasteiger partial charge in [0.1, 0.15) is 5.00 Å². The third kappa shape index (κ3) is 2.82. The molecule has 88 valence electrons. The number of amides is 1. The summed E-state index contributed by atoms with van der Waals surface area (Å²) in [6.45, 7) is 5.48. The van der Waals surface area contributed by atoms with Crippen LogP contribution in [0.5, 0.6) is 0 Å². The maximum absolute atomic E-state index is 11.5. The highest BCUT2D eigenvalue weighted by molar-refractivity contribution is 7.16. The molecule has 0 saturated carbocycles. The van der Waals surface area contributed by atoms with Gasteiger partial charge in [0.2, 0.25) is 5.91 Å². The van der Waals surface area contributed by atoms with Gasteiger partial charge in [-0.25, -0.2) is 4.79 Å². The number of hydrogen-bond donors (Lipinski definition) is 1. The molecule has 1 aromatic rings. The summed E-state index contributed by atoms with van der Waals surface area (Å²) < 4.78 is 4.65. The summed E-state index contributed by atoms with van der Waals surface area (Å²) in [6, 6.07) is 1.71. The van der Waals surface area contributed by atoms with Gasteiger partial charge in [-0.05, 0) is 13.0 Å². The maximum Gasteiger partial charge on any atom is 0.340 e. The van der Waals surface area contributed by atoms with Crippen molar-refractivity contribution in [2.24, 2.45) is 5.92 Å². The lowest BCUT2D eigenvalue weighted by molar-refractivity contribution is -0.118. The van der Waals surface area contributed by atoms with Crippen LogP contribution in [0.4, 0.5) is 5.00 Å². The van der Waals surface area contributed by atoms with E-state index in [1.54, 1.807) is 19.9 Å². The molecule has 1 N–H and O–H groups in total. The molecule has 4 nitrogen and oxygen atoms in total. The number of nitrogens with one attached hydrogen (secondary N) is 1. The minimum Gasteiger partial charge on any atom is -0.465 e. The molecule has 0 aliphatic rings. The summed E-state index contributed by atoms with van der Waals surface area (Å²) in [5.74, 6) is -0.650. The van der Waals surface area contributed by atoms with E-state index in [9.17, 15) is 9.59 Å². The summed E-state index contributed by atoms with van der Waals surface area (Å²) in [6.07, 6.45) is 0. The van der Waals surface area contributed by atoms with E-state index in [4.69, 9.17) is 0 Å². The van der Waals surface area contributed by atoms with Gasteiger partial charge in [-0.2, -0.15) is 0 Å². The third-order valence-electron chi connectivity index (χ3n) is 2.02. The van der Waals surface area contributed by atoms with E-state index in [1.165, 1.54) is 18.4 Å². The van der Waals surface area contributed by atoms with Crippen molar-refractivity contribution in [3.05, 3.63) is 16.5 Å². The topological polar surface area (TPSA) is 55.4 Å². The van der Waals surface area contributed by atoms with Crippen molar-refractivity contribution in [1.82, 2.24) is 0 Å². The van der Waals surface area contributed by atoms with Gasteiger partial charge < -0.3 is 10.1 Å². The SMILES string of the molecule is COC(=O)c1cc(C)sc1NC(=O)C(C)C. The predicted octanol–water partition coefficient (Wildman–Crippen LogP) is 2.44. The van der Waals surface area contributed by atoms with E-state index in [2.05, 4.69) is 10.1 Å². The molecule has 1 aromatic heterocycles. The average Bonchev–Trinajstić information content (AvgIpc) is 2.58. The third-order valence-corrected chi connectivity index (χ3v) is 2.99. The number of anilines is 1. The molecule has 5 heteroatoms. The zero-order chi connectivity index (χ0) is 12.3. The second-order valence-electron chi connectivity index (χ2n) is 3.74. The number of ether oxygens (including phenoxy) is 1. The number of aryl methyl sites for hydroxylation is 1. The summed E-state index contributed by atoms with van der Waals surface area (Å²) >= 11 is 1.37. The van der Waals surface area contributed by atoms with E-state index < -0.39 is 5.97 Å². The van der Waals surface area contributed by atoms with Crippen LogP contribution in [0.1, 0.15) is 29.1 Å². The fourth-order valence-electron chi connectivity index (χ4n) is 1.12. The molecule has 0 fully saturated rings. The van der Waals surface area contributed by atoms with Gasteiger partial charge in [0.15, 0.2) is 0 Å². The van der Waals surface area contributed by atoms with Crippen LogP contribution >= 0.6 is 11.3 Å². The van der Waals surface area contributed by atoms with Crippen molar-refractivity contribution >= 4 is 28.2 Å². The van der Waals surface area contributed by atoms with Gasteiger partial charge in [0.05, 0.1) is 12.7 Å². The Balaban J connectivity index is 2.95. The average molecular weight is 241 g/mol. The maximum atomic E-state index is 11.5. The van der Waals surface area contributed by atoms with Gasteiger partial charge in [-0.1, -0.05) is 13.8 Å². The lowest BCUT2D eigenvalue weighted by Crippen LogP contribution is -2.18. The molecular formula is C11H15NO3S. The summed E-state index contributed by atoms with van der Waals surface area (Å²) in [4.78, 5) is 23.9. The highest BCUT2D eigenvalue weighted by Crippen LogP contribution is 2.28. The minimum absolute atomic E-state index is 0.105. The first-order valence-electron chi connectivity index (χ1n) is 4.95. The van der Waals surface area contributed by atoms with Crippen LogP contribution < -0.4 is 5.32 Å². The molecule has 0 unspecified atom stereocenters. The monoisotopic (exact) mass is 241 g/mol. The van der Waals surface area contributed by atoms with E-state index in [1.807, 2.05) is 6.92 Å². The van der Waals surface area contributed by atoms with E-state index in [-0.39, 0.29) is 11.8 Å². The lowest BCUT2D eigenvalue weighted by atomic mass is 10.2. The van der Waals surface area contributed by atoms with Crippen molar-refractivity contribution in [3.63, 3.8) is 0 Å². The number of thiophene rings is 1. The van der Waals surface area contributed by atoms with E-state index >= 15 is 0 Å². The van der Waals surface area contributed by atoms with Gasteiger partial charge in [0, 0.05) is 10.8 Å². The quantitative estimate of drug-likeness (QED) is 0.827. The van der Waals surface area contributed by atoms with Gasteiger partial charge in [-0.15, -0.1) is 11.3 Å². The first-order chi connectivity index (χ1) is 7.45. The van der Waals surface area contributed by atoms with Gasteiger partial charge >= 0.3 is 5.97 Å². The molecule has 1 heterocycles. The normalized spacial score (nSPS) is 10.3. The molecule has 16 heavy (non-hydrogen) atoms. The van der Waals surface area contributed by atoms with Crippen molar-refractivity contribution in [2.45, 2.75) is 20.8 Å². The van der Waals surface area contributed by atoms with Crippen LogP contribution in [0.25, 0.3) is 0 Å². The first kappa shape index (κ1) is 12.7. The summed E-state index contributed by atoms with van der Waals surface area (Å²) in [5.41, 5.74) is 0.416. The Morgan fingerprint density at radius 2 is 2.06 bits per heavy atom. The molecule has 1 amide bonds. The van der Waals surface area contributed by atoms with Gasteiger partial charge in [0.25, 0.3) is 0 Å². The Morgan fingerprint density at radius 3 is 2.56 bits per heavy atom. The van der Waals surface area contributed by atoms with Crippen molar-refractivity contribution in [2.75, 3.05) is 12.4 Å². The molecule has 0 aliphatic carbocycles. The first-order valence-corrected chi connectivity index (χ1v) is 5.77. The highest BCUT2D eigenvalue weighted by atomic mass is 32.1. The minimum atomic E-state index is -0.427. The molecule has 0 spiro atoms. The number of hydrogen-bond acceptors (Lipinski definition) is 4. The number of methoxy groups -OCH3 is 1. The largest absolute Gasteiger partial charge is 0.465 e. The van der Waals surface area contributed by atoms with Crippen molar-refractivity contribution in [3.8, 4) is 0 Å². The number of rotatable bonds is 3. The molecule has 0 aliphatic heterocycles. The van der Waals surface area contributed by atoms with Crippen LogP contribution in [0.15, 0.2) is 6.07 Å². The van der Waals surface area contributed by atoms with Crippen LogP contribution in [0.2, 0.25) is 0 Å². The van der Waals surface area contributed by atoms with E-state index in [0.29, 0.717) is 10.6 Å². The van der Waals surface area contributed by atoms with Crippen molar-refractivity contribution in [1.29, 1.82) is 0 Å². The fraction of sp³-hybridized carbons (Fsp3) is 0.455. The molecule has 0 atom stereocenters. The lowest BCUT2D eigenvalue weighted by Gasteiger charge is -2.07. The molecule has 0 radical (unpaired) electrons. The number of carbonyl (C=O) groups excluding carboxylic acids is 2. The van der Waals surface area contributed by atoms with Crippen LogP contribution in [-0.4, -0.2) is 19.0 Å². The Bertz CT molecular complexity index is 409. The second-order valence-corrected chi connectivity index (χ2v) is 4.99. The number of carbonyl (C=O) groups is 2. The highest BCUT2D eigenvalue weighted by Gasteiger charge is 2.18. The second kappa shape index (κ2) is 5.12. The summed E-state index contributed by atoms with van der Waals surface area (Å²) in [5, 5.41) is 3.28. The molecular weight excluding hydrogens is 226 g/mol. The standard InChI is InChI=1S/C11H15NO3S/c1-6(2)9(13)12-10-8(11(14)15-4)5-7(3)16-10/h5-6H,1-4H3,(H,12,13). The van der Waals surface area contributed by atoms with Crippen LogP contribution in [-0.2, 0) is 9.53 Å². The molecule has 0 saturated heterocycles. The Labute approximate surface area is 98.6 Å². The van der Waals surface area contributed by atoms with E-state index in [0.717, 1.165) is 4.88 Å². The summed E-state index contributed by atoms with van der Waals surface area (Å²) in [7, 11) is 1.32. The Hall–Kier alpha value is -1.36. The van der Waals surface area contributed by atoms with Crippen LogP contribution in [0.3, 0.4) is 0 Å². The molecule has 0 bridgehead atoms. The smallest absolute Gasteiger partial charge is 0.340 e. The molecule has 1 rings (SSSR count). The Kier molecular flexibility index (Phi) is 4.06. The Morgan fingerprint density at radius 1 is 1.44 bits per heavy atom. The number of esters is 1.